The van der Waals surface area contributed by atoms with Gasteiger partial charge in [0.25, 0.3) is 0 Å². The van der Waals surface area contributed by atoms with Gasteiger partial charge in [-0.1, -0.05) is 39.0 Å². The molecule has 0 bridgehead atoms. The first kappa shape index (κ1) is 17.6. The topological polar surface area (TPSA) is 40.5 Å². The van der Waals surface area contributed by atoms with E-state index in [1.54, 1.807) is 12.1 Å². The van der Waals surface area contributed by atoms with Crippen molar-refractivity contribution in [1.29, 1.82) is 0 Å². The average molecular weight is 336 g/mol. The summed E-state index contributed by atoms with van der Waals surface area (Å²) in [6, 6.07) is 11.7. The van der Waals surface area contributed by atoms with Crippen LogP contribution in [0.25, 0.3) is 5.57 Å². The van der Waals surface area contributed by atoms with Gasteiger partial charge in [0, 0.05) is 0 Å². The molecule has 0 saturated heterocycles. The van der Waals surface area contributed by atoms with Crippen LogP contribution in [-0.4, -0.2) is 10.2 Å². The molecule has 0 aliphatic heterocycles. The first-order valence-electron chi connectivity index (χ1n) is 9.08. The summed E-state index contributed by atoms with van der Waals surface area (Å²) < 4.78 is 0. The van der Waals surface area contributed by atoms with Gasteiger partial charge < -0.3 is 10.2 Å². The summed E-state index contributed by atoms with van der Waals surface area (Å²) in [5.41, 5.74) is 6.03. The summed E-state index contributed by atoms with van der Waals surface area (Å²) in [6.07, 6.45) is 5.53. The maximum absolute atomic E-state index is 10.3. The number of rotatable bonds is 2. The van der Waals surface area contributed by atoms with Crippen molar-refractivity contribution in [3.63, 3.8) is 0 Å². The van der Waals surface area contributed by atoms with Gasteiger partial charge in [0.05, 0.1) is 0 Å². The molecule has 1 atom stereocenters. The Morgan fingerprint density at radius 1 is 1.00 bits per heavy atom. The van der Waals surface area contributed by atoms with E-state index in [0.717, 1.165) is 30.4 Å². The average Bonchev–Trinajstić information content (AvgIpc) is 2.55. The van der Waals surface area contributed by atoms with Crippen LogP contribution in [0.3, 0.4) is 0 Å². The summed E-state index contributed by atoms with van der Waals surface area (Å²) in [4.78, 5) is 0. The molecular weight excluding hydrogens is 308 g/mol. The Kier molecular flexibility index (Phi) is 4.64. The lowest BCUT2D eigenvalue weighted by atomic mass is 9.79. The van der Waals surface area contributed by atoms with Crippen LogP contribution in [0, 0.1) is 6.92 Å². The van der Waals surface area contributed by atoms with Crippen LogP contribution in [0.15, 0.2) is 42.5 Å². The molecule has 2 aromatic rings. The van der Waals surface area contributed by atoms with Crippen molar-refractivity contribution in [3.8, 4) is 11.5 Å². The summed E-state index contributed by atoms with van der Waals surface area (Å²) in [5.74, 6) is 1.24. The van der Waals surface area contributed by atoms with E-state index >= 15 is 0 Å². The molecule has 0 spiro atoms. The number of benzene rings is 2. The van der Waals surface area contributed by atoms with Gasteiger partial charge in [-0.3, -0.25) is 0 Å². The maximum atomic E-state index is 10.3. The minimum absolute atomic E-state index is 0.0731. The van der Waals surface area contributed by atoms with E-state index in [0.29, 0.717) is 17.4 Å². The molecule has 0 heterocycles. The van der Waals surface area contributed by atoms with Crippen LogP contribution in [0.2, 0.25) is 0 Å². The molecule has 0 radical (unpaired) electrons. The van der Waals surface area contributed by atoms with Crippen molar-refractivity contribution < 1.29 is 10.2 Å². The number of hydrogen-bond donors (Lipinski definition) is 2. The Hall–Kier alpha value is -2.22. The third kappa shape index (κ3) is 3.73. The van der Waals surface area contributed by atoms with E-state index < -0.39 is 0 Å². The summed E-state index contributed by atoms with van der Waals surface area (Å²) in [5, 5.41) is 19.8. The number of phenols is 2. The van der Waals surface area contributed by atoms with Gasteiger partial charge in [-0.2, -0.15) is 0 Å². The number of aromatic hydroxyl groups is 2. The van der Waals surface area contributed by atoms with Crippen LogP contribution in [-0.2, 0) is 5.41 Å². The summed E-state index contributed by atoms with van der Waals surface area (Å²) in [6.45, 7) is 8.49. The van der Waals surface area contributed by atoms with Gasteiger partial charge >= 0.3 is 0 Å². The lowest BCUT2D eigenvalue weighted by Gasteiger charge is -2.26. The number of allylic oxidation sites excluding steroid dienone is 2. The zero-order chi connectivity index (χ0) is 18.2. The number of aryl methyl sites for hydroxylation is 1. The molecule has 0 amide bonds. The Labute approximate surface area is 150 Å². The van der Waals surface area contributed by atoms with E-state index in [1.807, 2.05) is 18.2 Å². The van der Waals surface area contributed by atoms with E-state index in [2.05, 4.69) is 39.8 Å². The Morgan fingerprint density at radius 3 is 2.24 bits per heavy atom. The maximum Gasteiger partial charge on any atom is 0.119 e. The van der Waals surface area contributed by atoms with E-state index in [9.17, 15) is 10.2 Å². The van der Waals surface area contributed by atoms with Gasteiger partial charge in [0.2, 0.25) is 0 Å². The Morgan fingerprint density at radius 2 is 1.68 bits per heavy atom. The zero-order valence-corrected chi connectivity index (χ0v) is 15.6. The normalized spacial score (nSPS) is 18.1. The molecule has 2 N–H and O–H groups in total. The zero-order valence-electron chi connectivity index (χ0n) is 15.6. The Bertz CT molecular complexity index is 792. The first-order chi connectivity index (χ1) is 11.8. The fourth-order valence-electron chi connectivity index (χ4n) is 3.77. The highest BCUT2D eigenvalue weighted by Gasteiger charge is 2.23. The monoisotopic (exact) mass is 336 g/mol. The van der Waals surface area contributed by atoms with Crippen molar-refractivity contribution in [3.05, 3.63) is 64.7 Å². The van der Waals surface area contributed by atoms with Crippen molar-refractivity contribution in [1.82, 2.24) is 0 Å². The summed E-state index contributed by atoms with van der Waals surface area (Å²) >= 11 is 0. The van der Waals surface area contributed by atoms with Crippen molar-refractivity contribution in [2.75, 3.05) is 0 Å². The van der Waals surface area contributed by atoms with Crippen molar-refractivity contribution in [2.24, 2.45) is 0 Å². The Balaban J connectivity index is 1.87. The van der Waals surface area contributed by atoms with E-state index in [4.69, 9.17) is 0 Å². The quantitative estimate of drug-likeness (QED) is 0.700. The second-order valence-corrected chi connectivity index (χ2v) is 8.23. The molecule has 1 unspecified atom stereocenters. The molecule has 1 aliphatic carbocycles. The van der Waals surface area contributed by atoms with Crippen LogP contribution < -0.4 is 0 Å². The highest BCUT2D eigenvalue weighted by molar-refractivity contribution is 5.71. The molecule has 0 saturated carbocycles. The molecule has 0 aromatic heterocycles. The third-order valence-corrected chi connectivity index (χ3v) is 5.27. The van der Waals surface area contributed by atoms with Gasteiger partial charge in [-0.15, -0.1) is 0 Å². The largest absolute Gasteiger partial charge is 0.508 e. The fourth-order valence-corrected chi connectivity index (χ4v) is 3.77. The smallest absolute Gasteiger partial charge is 0.119 e. The lowest BCUT2D eigenvalue weighted by molar-refractivity contribution is 0.446. The van der Waals surface area contributed by atoms with Crippen molar-refractivity contribution in [2.45, 2.75) is 58.3 Å². The first-order valence-corrected chi connectivity index (χ1v) is 9.08. The van der Waals surface area contributed by atoms with Crippen LogP contribution in [0.4, 0.5) is 0 Å². The van der Waals surface area contributed by atoms with Gasteiger partial charge in [0.15, 0.2) is 0 Å². The summed E-state index contributed by atoms with van der Waals surface area (Å²) in [7, 11) is 0. The SMILES string of the molecule is Cc1cc(O)c(C(C)(C)C)cc1C1=CCC(c2ccc(O)cc2)CC1. The number of phenolic OH excluding ortho intramolecular Hbond substituents is 2. The predicted octanol–water partition coefficient (Wildman–Crippen LogP) is 6.05. The van der Waals surface area contributed by atoms with E-state index in [1.165, 1.54) is 16.7 Å². The predicted molar refractivity (Wildman–Crippen MR) is 104 cm³/mol. The molecule has 0 fully saturated rings. The molecule has 1 aliphatic rings. The second-order valence-electron chi connectivity index (χ2n) is 8.23. The molecule has 2 nitrogen and oxygen atoms in total. The highest BCUT2D eigenvalue weighted by Crippen LogP contribution is 2.40. The third-order valence-electron chi connectivity index (χ3n) is 5.27. The van der Waals surface area contributed by atoms with E-state index in [-0.39, 0.29) is 5.41 Å². The van der Waals surface area contributed by atoms with Gasteiger partial charge in [-0.25, -0.2) is 0 Å². The van der Waals surface area contributed by atoms with Crippen molar-refractivity contribution >= 4 is 5.57 Å². The van der Waals surface area contributed by atoms with Crippen LogP contribution >= 0.6 is 0 Å². The second kappa shape index (κ2) is 6.59. The minimum atomic E-state index is -0.0731. The highest BCUT2D eigenvalue weighted by atomic mass is 16.3. The minimum Gasteiger partial charge on any atom is -0.508 e. The van der Waals surface area contributed by atoms with Crippen LogP contribution in [0.1, 0.15) is 68.2 Å². The van der Waals surface area contributed by atoms with Gasteiger partial charge in [-0.05, 0) is 89.6 Å². The van der Waals surface area contributed by atoms with Gasteiger partial charge in [0.1, 0.15) is 11.5 Å². The molecule has 25 heavy (non-hydrogen) atoms. The molecular formula is C23H28O2. The molecule has 2 aromatic carbocycles. The fraction of sp³-hybridized carbons (Fsp3) is 0.391. The molecule has 132 valence electrons. The lowest BCUT2D eigenvalue weighted by Crippen LogP contribution is -2.13. The number of hydrogen-bond acceptors (Lipinski definition) is 2. The molecule has 2 heteroatoms. The standard InChI is InChI=1S/C23H28O2/c1-15-13-22(25)21(23(2,3)4)14-20(15)18-7-5-16(6-8-18)17-9-11-19(24)12-10-17/h7,9-14,16,24-25H,5-6,8H2,1-4H3. The molecule has 3 rings (SSSR count). The van der Waals surface area contributed by atoms with Crippen LogP contribution in [0.5, 0.6) is 11.5 Å².